The van der Waals surface area contributed by atoms with E-state index in [0.717, 1.165) is 16.8 Å². The summed E-state index contributed by atoms with van der Waals surface area (Å²) in [6, 6.07) is 16.5. The van der Waals surface area contributed by atoms with Crippen LogP contribution in [0.15, 0.2) is 81.1 Å². The Morgan fingerprint density at radius 1 is 1.05 bits per heavy atom. The second-order valence-electron chi connectivity index (χ2n) is 9.09. The second kappa shape index (κ2) is 12.5. The summed E-state index contributed by atoms with van der Waals surface area (Å²) in [6.45, 7) is 5.62. The average Bonchev–Trinajstić information content (AvgIpc) is 3.48. The number of nitriles is 1. The van der Waals surface area contributed by atoms with Gasteiger partial charge in [-0.2, -0.15) is 5.26 Å². The Hall–Kier alpha value is -4.62. The number of ether oxygens (including phenoxy) is 2. The van der Waals surface area contributed by atoms with Crippen molar-refractivity contribution in [2.45, 2.75) is 26.7 Å². The van der Waals surface area contributed by atoms with E-state index >= 15 is 0 Å². The van der Waals surface area contributed by atoms with Gasteiger partial charge in [-0.25, -0.2) is 0 Å². The first-order chi connectivity index (χ1) is 19.3. The van der Waals surface area contributed by atoms with Gasteiger partial charge in [0.15, 0.2) is 0 Å². The molecule has 0 saturated carbocycles. The monoisotopic (exact) mass is 558 g/mol. The third kappa shape index (κ3) is 6.00. The highest BCUT2D eigenvalue weighted by atomic mass is 32.2. The number of dihydropyridines is 1. The van der Waals surface area contributed by atoms with Gasteiger partial charge in [0.1, 0.15) is 17.3 Å². The molecule has 2 heterocycles. The van der Waals surface area contributed by atoms with Gasteiger partial charge in [0.2, 0.25) is 5.91 Å². The number of anilines is 2. The summed E-state index contributed by atoms with van der Waals surface area (Å²) in [7, 11) is 3.04. The summed E-state index contributed by atoms with van der Waals surface area (Å²) in [4.78, 5) is 26.6. The quantitative estimate of drug-likeness (QED) is 0.309. The van der Waals surface area contributed by atoms with Crippen molar-refractivity contribution in [3.63, 3.8) is 0 Å². The lowest BCUT2D eigenvalue weighted by Gasteiger charge is -2.28. The van der Waals surface area contributed by atoms with E-state index in [9.17, 15) is 14.9 Å². The van der Waals surface area contributed by atoms with Crippen molar-refractivity contribution in [2.75, 3.05) is 30.6 Å². The van der Waals surface area contributed by atoms with E-state index in [0.29, 0.717) is 39.2 Å². The highest BCUT2D eigenvalue weighted by Crippen LogP contribution is 2.41. The number of aryl methyl sites for hydroxylation is 2. The number of rotatable bonds is 9. The lowest BCUT2D eigenvalue weighted by molar-refractivity contribution is -0.114. The number of amides is 2. The Balaban J connectivity index is 1.62. The highest BCUT2D eigenvalue weighted by molar-refractivity contribution is 8.03. The summed E-state index contributed by atoms with van der Waals surface area (Å²) >= 11 is 1.19. The number of benzene rings is 2. The number of para-hydroxylation sites is 1. The fourth-order valence-electron chi connectivity index (χ4n) is 4.49. The largest absolute Gasteiger partial charge is 0.497 e. The van der Waals surface area contributed by atoms with Crippen LogP contribution in [0.1, 0.15) is 29.7 Å². The molecule has 206 valence electrons. The minimum atomic E-state index is -0.790. The maximum absolute atomic E-state index is 13.7. The summed E-state index contributed by atoms with van der Waals surface area (Å²) < 4.78 is 16.4. The van der Waals surface area contributed by atoms with Gasteiger partial charge in [-0.15, -0.1) is 0 Å². The van der Waals surface area contributed by atoms with Crippen molar-refractivity contribution in [3.8, 4) is 17.6 Å². The van der Waals surface area contributed by atoms with Gasteiger partial charge in [0.05, 0.1) is 60.1 Å². The van der Waals surface area contributed by atoms with Gasteiger partial charge < -0.3 is 29.8 Å². The molecule has 0 unspecified atom stereocenters. The SMILES string of the molecule is COc1ccc(OC)c(NC(=O)C2=C(C)NC(SCC(=O)Nc3c(C)cccc3C)=C(C#N)[C@@H]2c2ccco2)c1. The predicted octanol–water partition coefficient (Wildman–Crippen LogP) is 5.62. The van der Waals surface area contributed by atoms with Crippen molar-refractivity contribution in [2.24, 2.45) is 0 Å². The van der Waals surface area contributed by atoms with Crippen LogP contribution in [0.3, 0.4) is 0 Å². The van der Waals surface area contributed by atoms with Crippen LogP contribution in [0.4, 0.5) is 11.4 Å². The van der Waals surface area contributed by atoms with Gasteiger partial charge in [-0.05, 0) is 56.2 Å². The van der Waals surface area contributed by atoms with Crippen LogP contribution in [0.2, 0.25) is 0 Å². The molecule has 0 aliphatic carbocycles. The van der Waals surface area contributed by atoms with Crippen LogP contribution in [0.5, 0.6) is 11.5 Å². The van der Waals surface area contributed by atoms with Gasteiger partial charge in [0.25, 0.3) is 5.91 Å². The molecule has 0 bridgehead atoms. The number of nitrogens with zero attached hydrogens (tertiary/aromatic N) is 1. The molecular formula is C30H30N4O5S. The number of allylic oxidation sites excluding steroid dienone is 2. The van der Waals surface area contributed by atoms with E-state index in [2.05, 4.69) is 22.0 Å². The lowest BCUT2D eigenvalue weighted by Crippen LogP contribution is -2.31. The maximum Gasteiger partial charge on any atom is 0.254 e. The molecule has 1 aliphatic rings. The third-order valence-electron chi connectivity index (χ3n) is 6.47. The number of nitrogens with one attached hydrogen (secondary N) is 3. The minimum Gasteiger partial charge on any atom is -0.497 e. The number of thioether (sulfide) groups is 1. The number of carbonyl (C=O) groups is 2. The van der Waals surface area contributed by atoms with Gasteiger partial charge in [-0.3, -0.25) is 9.59 Å². The Bertz CT molecular complexity index is 1520. The van der Waals surface area contributed by atoms with Gasteiger partial charge >= 0.3 is 0 Å². The summed E-state index contributed by atoms with van der Waals surface area (Å²) in [5, 5.41) is 19.8. The van der Waals surface area contributed by atoms with Crippen molar-refractivity contribution in [1.29, 1.82) is 5.26 Å². The van der Waals surface area contributed by atoms with Crippen LogP contribution >= 0.6 is 11.8 Å². The van der Waals surface area contributed by atoms with Crippen molar-refractivity contribution >= 4 is 35.0 Å². The van der Waals surface area contributed by atoms with E-state index in [-0.39, 0.29) is 17.2 Å². The molecule has 0 radical (unpaired) electrons. The van der Waals surface area contributed by atoms with E-state index in [4.69, 9.17) is 13.9 Å². The maximum atomic E-state index is 13.7. The van der Waals surface area contributed by atoms with Gasteiger partial charge in [0, 0.05) is 17.5 Å². The van der Waals surface area contributed by atoms with Crippen LogP contribution in [0, 0.1) is 25.2 Å². The number of carbonyl (C=O) groups excluding carboxylic acids is 2. The standard InChI is InChI=1S/C30H30N4O5S/c1-17-8-6-9-18(2)28(17)34-25(35)16-40-30-21(15-31)27(24-10-7-13-39-24)26(19(3)32-30)29(36)33-22-14-20(37-4)11-12-23(22)38-5/h6-14,27,32H,16H2,1-5H3,(H,33,36)(H,34,35)/t27-/m1/s1. The number of hydrogen-bond donors (Lipinski definition) is 3. The van der Waals surface area contributed by atoms with E-state index in [1.54, 1.807) is 37.3 Å². The van der Waals surface area contributed by atoms with Crippen molar-refractivity contribution < 1.29 is 23.5 Å². The van der Waals surface area contributed by atoms with E-state index < -0.39 is 11.8 Å². The smallest absolute Gasteiger partial charge is 0.254 e. The van der Waals surface area contributed by atoms with Gasteiger partial charge in [-0.1, -0.05) is 30.0 Å². The highest BCUT2D eigenvalue weighted by Gasteiger charge is 2.37. The van der Waals surface area contributed by atoms with Crippen LogP contribution < -0.4 is 25.4 Å². The molecule has 3 N–H and O–H groups in total. The fourth-order valence-corrected chi connectivity index (χ4v) is 5.39. The molecule has 10 heteroatoms. The number of furan rings is 1. The molecule has 3 aromatic rings. The number of hydrogen-bond acceptors (Lipinski definition) is 8. The molecule has 4 rings (SSSR count). The minimum absolute atomic E-state index is 0.0575. The first kappa shape index (κ1) is 28.4. The first-order valence-corrected chi connectivity index (χ1v) is 13.4. The average molecular weight is 559 g/mol. The Labute approximate surface area is 237 Å². The molecular weight excluding hydrogens is 528 g/mol. The topological polar surface area (TPSA) is 126 Å². The fraction of sp³-hybridized carbons (Fsp3) is 0.233. The zero-order chi connectivity index (χ0) is 28.8. The normalized spacial score (nSPS) is 14.8. The molecule has 1 aromatic heterocycles. The molecule has 1 aliphatic heterocycles. The molecule has 1 atom stereocenters. The summed E-state index contributed by atoms with van der Waals surface area (Å²) in [5.74, 6) is 0.0401. The third-order valence-corrected chi connectivity index (χ3v) is 7.48. The summed E-state index contributed by atoms with van der Waals surface area (Å²) in [5.41, 5.74) is 4.22. The van der Waals surface area contributed by atoms with Crippen LogP contribution in [0.25, 0.3) is 0 Å². The van der Waals surface area contributed by atoms with Crippen molar-refractivity contribution in [1.82, 2.24) is 5.32 Å². The Morgan fingerprint density at radius 3 is 2.42 bits per heavy atom. The van der Waals surface area contributed by atoms with E-state index in [1.165, 1.54) is 32.2 Å². The summed E-state index contributed by atoms with van der Waals surface area (Å²) in [6.07, 6.45) is 1.49. The molecule has 2 aromatic carbocycles. The Morgan fingerprint density at radius 2 is 1.80 bits per heavy atom. The number of methoxy groups -OCH3 is 2. The predicted molar refractivity (Wildman–Crippen MR) is 155 cm³/mol. The zero-order valence-corrected chi connectivity index (χ0v) is 23.7. The lowest BCUT2D eigenvalue weighted by atomic mass is 9.85. The van der Waals surface area contributed by atoms with Crippen LogP contribution in [-0.2, 0) is 9.59 Å². The zero-order valence-electron chi connectivity index (χ0n) is 22.9. The molecule has 2 amide bonds. The molecule has 0 spiro atoms. The van der Waals surface area contributed by atoms with Crippen LogP contribution in [-0.4, -0.2) is 31.8 Å². The first-order valence-electron chi connectivity index (χ1n) is 12.4. The molecule has 0 saturated heterocycles. The second-order valence-corrected chi connectivity index (χ2v) is 10.1. The van der Waals surface area contributed by atoms with E-state index in [1.807, 2.05) is 32.0 Å². The molecule has 0 fully saturated rings. The molecule has 40 heavy (non-hydrogen) atoms. The molecule has 9 nitrogen and oxygen atoms in total. The van der Waals surface area contributed by atoms with Crippen molar-refractivity contribution in [3.05, 3.63) is 93.6 Å². The Kier molecular flexibility index (Phi) is 8.86.